The molecule has 0 bridgehead atoms. The third-order valence-corrected chi connectivity index (χ3v) is 4.85. The number of anilines is 1. The molecule has 1 aliphatic rings. The molecule has 0 heterocycles. The van der Waals surface area contributed by atoms with E-state index in [0.717, 1.165) is 17.5 Å². The fourth-order valence-electron chi connectivity index (χ4n) is 2.59. The first-order valence-corrected chi connectivity index (χ1v) is 8.65. The van der Waals surface area contributed by atoms with Gasteiger partial charge in [-0.05, 0) is 60.7 Å². The Hall–Kier alpha value is -2.33. The lowest BCUT2D eigenvalue weighted by molar-refractivity contribution is -0.146. The smallest absolute Gasteiger partial charge is 0.309 e. The van der Waals surface area contributed by atoms with Gasteiger partial charge in [0.2, 0.25) is 0 Å². The summed E-state index contributed by atoms with van der Waals surface area (Å²) in [7, 11) is 0. The minimum absolute atomic E-state index is 0.0629. The predicted octanol–water partition coefficient (Wildman–Crippen LogP) is 4.60. The number of carbonyl (C=O) groups is 2. The van der Waals surface area contributed by atoms with Crippen molar-refractivity contribution < 1.29 is 14.3 Å². The summed E-state index contributed by atoms with van der Waals surface area (Å²) in [6.07, 6.45) is 0.919. The van der Waals surface area contributed by atoms with E-state index in [-0.39, 0.29) is 24.4 Å². The quantitative estimate of drug-likeness (QED) is 0.795. The maximum atomic E-state index is 12.3. The summed E-state index contributed by atoms with van der Waals surface area (Å²) in [4.78, 5) is 24.0. The highest BCUT2D eigenvalue weighted by atomic mass is 35.5. The number of ether oxygens (including phenoxy) is 1. The predicted molar refractivity (Wildman–Crippen MR) is 97.7 cm³/mol. The van der Waals surface area contributed by atoms with Crippen LogP contribution in [0.15, 0.2) is 42.5 Å². The normalized spacial score (nSPS) is 18.5. The number of benzene rings is 2. The molecule has 2 aromatic carbocycles. The number of esters is 1. The van der Waals surface area contributed by atoms with E-state index in [9.17, 15) is 9.59 Å². The summed E-state index contributed by atoms with van der Waals surface area (Å²) in [5.74, 6) is 0.174. The van der Waals surface area contributed by atoms with Gasteiger partial charge in [0.1, 0.15) is 6.61 Å². The molecule has 0 unspecified atom stereocenters. The molecule has 130 valence electrons. The lowest BCUT2D eigenvalue weighted by Crippen LogP contribution is -2.12. The Balaban J connectivity index is 1.56. The van der Waals surface area contributed by atoms with Crippen LogP contribution in [-0.4, -0.2) is 11.9 Å². The van der Waals surface area contributed by atoms with E-state index < -0.39 is 0 Å². The fourth-order valence-corrected chi connectivity index (χ4v) is 2.71. The second-order valence-corrected chi connectivity index (χ2v) is 6.95. The van der Waals surface area contributed by atoms with Gasteiger partial charge in [-0.15, -0.1) is 0 Å². The molecule has 1 aliphatic carbocycles. The maximum absolute atomic E-state index is 12.3. The maximum Gasteiger partial charge on any atom is 0.309 e. The Bertz CT molecular complexity index is 801. The summed E-state index contributed by atoms with van der Waals surface area (Å²) in [5, 5.41) is 3.51. The van der Waals surface area contributed by atoms with Crippen LogP contribution in [0.3, 0.4) is 0 Å². The first-order valence-electron chi connectivity index (χ1n) is 8.27. The number of hydrogen-bond donors (Lipinski definition) is 1. The van der Waals surface area contributed by atoms with Crippen LogP contribution in [0.1, 0.15) is 34.8 Å². The molecule has 0 aliphatic heterocycles. The highest BCUT2D eigenvalue weighted by Gasteiger charge is 2.40. The molecule has 0 aromatic heterocycles. The van der Waals surface area contributed by atoms with Crippen LogP contribution in [0.4, 0.5) is 5.69 Å². The first kappa shape index (κ1) is 17.5. The molecule has 2 aromatic rings. The van der Waals surface area contributed by atoms with E-state index in [4.69, 9.17) is 16.3 Å². The van der Waals surface area contributed by atoms with Gasteiger partial charge in [0.25, 0.3) is 5.91 Å². The van der Waals surface area contributed by atoms with Crippen molar-refractivity contribution in [3.63, 3.8) is 0 Å². The molecule has 0 spiro atoms. The lowest BCUT2D eigenvalue weighted by Gasteiger charge is -2.08. The summed E-state index contributed by atoms with van der Waals surface area (Å²) >= 11 is 5.99. The van der Waals surface area contributed by atoms with E-state index in [1.54, 1.807) is 36.4 Å². The molecular formula is C20H20ClNO3. The highest BCUT2D eigenvalue weighted by molar-refractivity contribution is 6.31. The molecule has 3 rings (SSSR count). The lowest BCUT2D eigenvalue weighted by atomic mass is 10.1. The summed E-state index contributed by atoms with van der Waals surface area (Å²) < 4.78 is 5.29. The molecule has 25 heavy (non-hydrogen) atoms. The van der Waals surface area contributed by atoms with Crippen molar-refractivity contribution in [1.82, 2.24) is 0 Å². The van der Waals surface area contributed by atoms with E-state index in [0.29, 0.717) is 22.2 Å². The average molecular weight is 358 g/mol. The zero-order valence-electron chi connectivity index (χ0n) is 14.2. The van der Waals surface area contributed by atoms with Gasteiger partial charge in [-0.25, -0.2) is 0 Å². The number of carbonyl (C=O) groups excluding carboxylic acids is 2. The van der Waals surface area contributed by atoms with Crippen LogP contribution >= 0.6 is 11.6 Å². The number of aryl methyl sites for hydroxylation is 1. The van der Waals surface area contributed by atoms with E-state index >= 15 is 0 Å². The van der Waals surface area contributed by atoms with Gasteiger partial charge in [-0.1, -0.05) is 30.7 Å². The molecule has 5 heteroatoms. The average Bonchev–Trinajstić information content (AvgIpc) is 3.33. The minimum Gasteiger partial charge on any atom is -0.461 e. The molecule has 1 fully saturated rings. The Morgan fingerprint density at radius 3 is 2.48 bits per heavy atom. The Morgan fingerprint density at radius 2 is 1.88 bits per heavy atom. The molecule has 1 amide bonds. The van der Waals surface area contributed by atoms with Crippen molar-refractivity contribution in [3.8, 4) is 0 Å². The highest BCUT2D eigenvalue weighted by Crippen LogP contribution is 2.38. The third-order valence-electron chi connectivity index (χ3n) is 4.43. The van der Waals surface area contributed by atoms with Gasteiger partial charge in [0.15, 0.2) is 0 Å². The monoisotopic (exact) mass is 357 g/mol. The summed E-state index contributed by atoms with van der Waals surface area (Å²) in [5.41, 5.74) is 3.00. The number of hydrogen-bond acceptors (Lipinski definition) is 3. The van der Waals surface area contributed by atoms with Gasteiger partial charge in [-0.2, -0.15) is 0 Å². The van der Waals surface area contributed by atoms with E-state index in [2.05, 4.69) is 5.32 Å². The Morgan fingerprint density at radius 1 is 1.20 bits per heavy atom. The Labute approximate surface area is 152 Å². The van der Waals surface area contributed by atoms with Crippen molar-refractivity contribution in [2.24, 2.45) is 11.8 Å². The first-order chi connectivity index (χ1) is 11.9. The molecule has 2 atom stereocenters. The zero-order valence-corrected chi connectivity index (χ0v) is 15.0. The van der Waals surface area contributed by atoms with Crippen LogP contribution in [0, 0.1) is 18.8 Å². The minimum atomic E-state index is -0.197. The molecule has 4 nitrogen and oxygen atoms in total. The van der Waals surface area contributed by atoms with Crippen LogP contribution in [-0.2, 0) is 16.1 Å². The second kappa shape index (κ2) is 7.28. The fraction of sp³-hybridized carbons (Fsp3) is 0.300. The largest absolute Gasteiger partial charge is 0.461 e. The number of nitrogens with one attached hydrogen (secondary N) is 1. The molecular weight excluding hydrogens is 338 g/mol. The van der Waals surface area contributed by atoms with Gasteiger partial charge in [0, 0.05) is 16.3 Å². The number of amides is 1. The summed E-state index contributed by atoms with van der Waals surface area (Å²) in [6, 6.07) is 12.4. The van der Waals surface area contributed by atoms with Crippen molar-refractivity contribution in [3.05, 3.63) is 64.2 Å². The van der Waals surface area contributed by atoms with Gasteiger partial charge in [0.05, 0.1) is 5.92 Å². The van der Waals surface area contributed by atoms with Crippen molar-refractivity contribution in [2.45, 2.75) is 26.9 Å². The number of halogens is 1. The topological polar surface area (TPSA) is 55.4 Å². The van der Waals surface area contributed by atoms with Gasteiger partial charge >= 0.3 is 5.97 Å². The van der Waals surface area contributed by atoms with Crippen LogP contribution in [0.2, 0.25) is 5.02 Å². The van der Waals surface area contributed by atoms with Crippen molar-refractivity contribution in [1.29, 1.82) is 0 Å². The SMILES string of the molecule is Cc1cc(NC(=O)c2ccc(COC(=O)[C@@H]3C[C@@H]3C)cc2)ccc1Cl. The van der Waals surface area contributed by atoms with Gasteiger partial charge < -0.3 is 10.1 Å². The van der Waals surface area contributed by atoms with Crippen LogP contribution in [0.5, 0.6) is 0 Å². The third kappa shape index (κ3) is 4.40. The molecule has 1 saturated carbocycles. The summed E-state index contributed by atoms with van der Waals surface area (Å²) in [6.45, 7) is 4.16. The molecule has 1 N–H and O–H groups in total. The second-order valence-electron chi connectivity index (χ2n) is 6.54. The zero-order chi connectivity index (χ0) is 18.0. The van der Waals surface area contributed by atoms with E-state index in [1.807, 2.05) is 19.9 Å². The standard InChI is InChI=1S/C20H20ClNO3/c1-12-10-17(12)20(24)25-11-14-3-5-15(6-4-14)19(23)22-16-7-8-18(21)13(2)9-16/h3-9,12,17H,10-11H2,1-2H3,(H,22,23)/t12-,17+/m0/s1. The molecule has 0 saturated heterocycles. The van der Waals surface area contributed by atoms with Crippen molar-refractivity contribution >= 4 is 29.2 Å². The number of rotatable bonds is 5. The van der Waals surface area contributed by atoms with Gasteiger partial charge in [-0.3, -0.25) is 9.59 Å². The van der Waals surface area contributed by atoms with Crippen LogP contribution < -0.4 is 5.32 Å². The van der Waals surface area contributed by atoms with Crippen LogP contribution in [0.25, 0.3) is 0 Å². The van der Waals surface area contributed by atoms with E-state index in [1.165, 1.54) is 0 Å². The molecule has 0 radical (unpaired) electrons. The Kier molecular flexibility index (Phi) is 5.09. The van der Waals surface area contributed by atoms with Crippen molar-refractivity contribution in [2.75, 3.05) is 5.32 Å².